The molecule has 30 heavy (non-hydrogen) atoms. The Morgan fingerprint density at radius 2 is 2.00 bits per heavy atom. The minimum atomic E-state index is -1.04. The highest BCUT2D eigenvalue weighted by molar-refractivity contribution is 14.1. The number of ether oxygens (including phenoxy) is 2. The van der Waals surface area contributed by atoms with E-state index in [4.69, 9.17) is 9.47 Å². The lowest BCUT2D eigenvalue weighted by Gasteiger charge is -2.13. The van der Waals surface area contributed by atoms with Crippen molar-refractivity contribution in [1.29, 1.82) is 0 Å². The average molecular weight is 521 g/mol. The van der Waals surface area contributed by atoms with Gasteiger partial charge in [0.05, 0.1) is 15.6 Å². The van der Waals surface area contributed by atoms with E-state index in [1.807, 2.05) is 36.4 Å². The summed E-state index contributed by atoms with van der Waals surface area (Å²) in [5, 5.41) is 20.4. The summed E-state index contributed by atoms with van der Waals surface area (Å²) in [4.78, 5) is 27.4. The van der Waals surface area contributed by atoms with Crippen molar-refractivity contribution in [3.63, 3.8) is 0 Å². The van der Waals surface area contributed by atoms with E-state index in [2.05, 4.69) is 32.6 Å². The summed E-state index contributed by atoms with van der Waals surface area (Å²) in [6, 6.07) is 13.3. The second kappa shape index (κ2) is 9.39. The Morgan fingerprint density at radius 1 is 1.27 bits per heavy atom. The molecule has 0 aliphatic rings. The SMILES string of the molecule is COc1cc(C=Cc2nc(O)c([N+](=O)[O-])c(=O)[nH]2)cc(I)c1OCc1ccccc1. The summed E-state index contributed by atoms with van der Waals surface area (Å²) < 4.78 is 12.2. The zero-order chi connectivity index (χ0) is 21.7. The summed E-state index contributed by atoms with van der Waals surface area (Å²) in [6.45, 7) is 0.385. The lowest BCUT2D eigenvalue weighted by molar-refractivity contribution is -0.387. The Hall–Kier alpha value is -3.41. The number of aromatic hydroxyl groups is 1. The van der Waals surface area contributed by atoms with Crippen LogP contribution in [0, 0.1) is 13.7 Å². The standard InChI is InChI=1S/C20H16IN3O6/c1-29-15-10-13(7-8-16-22-19(25)17(24(27)28)20(26)23-16)9-14(21)18(15)30-11-12-5-3-2-4-6-12/h2-10H,11H2,1H3,(H2,22,23,25,26). The van der Waals surface area contributed by atoms with Gasteiger partial charge in [0, 0.05) is 0 Å². The third kappa shape index (κ3) is 4.95. The first-order valence-corrected chi connectivity index (χ1v) is 9.67. The number of halogens is 1. The summed E-state index contributed by atoms with van der Waals surface area (Å²) in [7, 11) is 1.53. The number of nitro groups is 1. The number of hydrogen-bond acceptors (Lipinski definition) is 7. The maximum Gasteiger partial charge on any atom is 0.395 e. The highest BCUT2D eigenvalue weighted by atomic mass is 127. The number of aromatic nitrogens is 2. The van der Waals surface area contributed by atoms with Gasteiger partial charge in [0.25, 0.3) is 5.88 Å². The lowest BCUT2D eigenvalue weighted by atomic mass is 10.2. The second-order valence-corrected chi connectivity index (χ2v) is 7.18. The van der Waals surface area contributed by atoms with Gasteiger partial charge in [-0.1, -0.05) is 36.4 Å². The largest absolute Gasteiger partial charge is 0.493 e. The Balaban J connectivity index is 1.84. The first kappa shape index (κ1) is 21.3. The molecule has 0 bridgehead atoms. The monoisotopic (exact) mass is 521 g/mol. The molecule has 3 rings (SSSR count). The van der Waals surface area contributed by atoms with E-state index >= 15 is 0 Å². The van der Waals surface area contributed by atoms with Gasteiger partial charge < -0.3 is 19.6 Å². The number of aromatic amines is 1. The molecule has 2 N–H and O–H groups in total. The van der Waals surface area contributed by atoms with Crippen molar-refractivity contribution in [2.75, 3.05) is 7.11 Å². The zero-order valence-corrected chi connectivity index (χ0v) is 17.8. The molecule has 3 aromatic rings. The van der Waals surface area contributed by atoms with E-state index in [0.717, 1.165) is 9.13 Å². The van der Waals surface area contributed by atoms with Crippen molar-refractivity contribution >= 4 is 40.4 Å². The van der Waals surface area contributed by atoms with E-state index in [9.17, 15) is 20.0 Å². The molecule has 1 heterocycles. The van der Waals surface area contributed by atoms with Crippen LogP contribution < -0.4 is 15.0 Å². The summed E-state index contributed by atoms with van der Waals surface area (Å²) in [6.07, 6.45) is 3.04. The van der Waals surface area contributed by atoms with Gasteiger partial charge in [0.2, 0.25) is 0 Å². The molecule has 0 saturated heterocycles. The highest BCUT2D eigenvalue weighted by Crippen LogP contribution is 2.35. The van der Waals surface area contributed by atoms with Crippen LogP contribution in [0.2, 0.25) is 0 Å². The van der Waals surface area contributed by atoms with Crippen LogP contribution in [0.3, 0.4) is 0 Å². The Kier molecular flexibility index (Phi) is 6.67. The molecule has 0 aliphatic heterocycles. The fourth-order valence-corrected chi connectivity index (χ4v) is 3.38. The Morgan fingerprint density at radius 3 is 2.63 bits per heavy atom. The smallest absolute Gasteiger partial charge is 0.395 e. The molecule has 0 amide bonds. The van der Waals surface area contributed by atoms with Crippen molar-refractivity contribution < 1.29 is 19.5 Å². The van der Waals surface area contributed by atoms with Crippen LogP contribution >= 0.6 is 22.6 Å². The second-order valence-electron chi connectivity index (χ2n) is 6.02. The normalized spacial score (nSPS) is 10.9. The van der Waals surface area contributed by atoms with E-state index < -0.39 is 22.0 Å². The van der Waals surface area contributed by atoms with Gasteiger partial charge in [-0.25, -0.2) is 0 Å². The fraction of sp³-hybridized carbons (Fsp3) is 0.100. The molecule has 0 fully saturated rings. The molecule has 9 nitrogen and oxygen atoms in total. The minimum absolute atomic E-state index is 0.0264. The zero-order valence-electron chi connectivity index (χ0n) is 15.7. The molecule has 0 unspecified atom stereocenters. The Bertz CT molecular complexity index is 1160. The number of H-pyrrole nitrogens is 1. The molecule has 0 radical (unpaired) electrons. The quantitative estimate of drug-likeness (QED) is 0.276. The van der Waals surface area contributed by atoms with Gasteiger partial charge in [0.1, 0.15) is 12.4 Å². The lowest BCUT2D eigenvalue weighted by Crippen LogP contribution is -2.14. The van der Waals surface area contributed by atoms with Crippen LogP contribution in [0.1, 0.15) is 17.0 Å². The molecule has 0 atom stereocenters. The summed E-state index contributed by atoms with van der Waals surface area (Å²) in [5.74, 6) is 0.144. The molecule has 0 aliphatic carbocycles. The molecule has 10 heteroatoms. The van der Waals surface area contributed by atoms with Crippen LogP contribution in [-0.2, 0) is 6.61 Å². The van der Waals surface area contributed by atoms with Crippen molar-refractivity contribution in [2.24, 2.45) is 0 Å². The minimum Gasteiger partial charge on any atom is -0.493 e. The van der Waals surface area contributed by atoms with Gasteiger partial charge in [-0.2, -0.15) is 4.98 Å². The number of hydrogen-bond donors (Lipinski definition) is 2. The summed E-state index contributed by atoms with van der Waals surface area (Å²) in [5.41, 5.74) is -0.302. The summed E-state index contributed by atoms with van der Waals surface area (Å²) >= 11 is 2.13. The van der Waals surface area contributed by atoms with Gasteiger partial charge in [-0.15, -0.1) is 0 Å². The predicted octanol–water partition coefficient (Wildman–Crippen LogP) is 3.75. The van der Waals surface area contributed by atoms with E-state index in [1.54, 1.807) is 12.1 Å². The van der Waals surface area contributed by atoms with Crippen LogP contribution in [-0.4, -0.2) is 27.1 Å². The van der Waals surface area contributed by atoms with Crippen LogP contribution in [0.15, 0.2) is 47.3 Å². The number of methoxy groups -OCH3 is 1. The van der Waals surface area contributed by atoms with Gasteiger partial charge in [-0.05, 0) is 51.9 Å². The van der Waals surface area contributed by atoms with Crippen molar-refractivity contribution in [2.45, 2.75) is 6.61 Å². The van der Waals surface area contributed by atoms with Crippen LogP contribution in [0.25, 0.3) is 12.2 Å². The van der Waals surface area contributed by atoms with Gasteiger partial charge >= 0.3 is 11.2 Å². The molecular formula is C20H16IN3O6. The first-order valence-electron chi connectivity index (χ1n) is 8.59. The molecule has 1 aromatic heterocycles. The van der Waals surface area contributed by atoms with Gasteiger partial charge in [-0.3, -0.25) is 14.9 Å². The maximum atomic E-state index is 11.7. The molecule has 0 spiro atoms. The van der Waals surface area contributed by atoms with Crippen LogP contribution in [0.5, 0.6) is 17.4 Å². The van der Waals surface area contributed by atoms with Crippen molar-refractivity contribution in [3.05, 3.63) is 83.5 Å². The molecule has 154 valence electrons. The van der Waals surface area contributed by atoms with E-state index in [-0.39, 0.29) is 5.82 Å². The van der Waals surface area contributed by atoms with E-state index in [1.165, 1.54) is 13.2 Å². The number of nitrogens with one attached hydrogen (secondary N) is 1. The van der Waals surface area contributed by atoms with Crippen LogP contribution in [0.4, 0.5) is 5.69 Å². The topological polar surface area (TPSA) is 128 Å². The number of benzene rings is 2. The van der Waals surface area contributed by atoms with Gasteiger partial charge in [0.15, 0.2) is 11.5 Å². The van der Waals surface area contributed by atoms with Crippen molar-refractivity contribution in [1.82, 2.24) is 9.97 Å². The highest BCUT2D eigenvalue weighted by Gasteiger charge is 2.21. The molecule has 2 aromatic carbocycles. The molecular weight excluding hydrogens is 505 g/mol. The first-order chi connectivity index (χ1) is 14.4. The average Bonchev–Trinajstić information content (AvgIpc) is 2.71. The third-order valence-corrected chi connectivity index (χ3v) is 4.79. The van der Waals surface area contributed by atoms with Crippen molar-refractivity contribution in [3.8, 4) is 17.4 Å². The predicted molar refractivity (Wildman–Crippen MR) is 119 cm³/mol. The van der Waals surface area contributed by atoms with E-state index in [0.29, 0.717) is 23.7 Å². The maximum absolute atomic E-state index is 11.7. The Labute approximate surface area is 184 Å². The fourth-order valence-electron chi connectivity index (χ4n) is 2.60. The number of nitrogens with zero attached hydrogens (tertiary/aromatic N) is 2. The number of rotatable bonds is 7. The molecule has 0 saturated carbocycles. The third-order valence-electron chi connectivity index (χ3n) is 3.99.